The van der Waals surface area contributed by atoms with Crippen LogP contribution in [-0.4, -0.2) is 45.3 Å². The van der Waals surface area contributed by atoms with Gasteiger partial charge in [-0.1, -0.05) is 12.1 Å². The van der Waals surface area contributed by atoms with Crippen molar-refractivity contribution in [3.05, 3.63) is 35.6 Å². The molecule has 2 unspecified atom stereocenters. The van der Waals surface area contributed by atoms with Crippen LogP contribution < -0.4 is 10.6 Å². The summed E-state index contributed by atoms with van der Waals surface area (Å²) in [4.78, 5) is 44.5. The van der Waals surface area contributed by atoms with E-state index in [0.29, 0.717) is 0 Å². The quantitative estimate of drug-likeness (QED) is 0.463. The molecule has 2 atom stereocenters. The minimum absolute atomic E-state index is 0.0462. The number of halogens is 1. The van der Waals surface area contributed by atoms with E-state index in [9.17, 15) is 23.6 Å². The lowest BCUT2D eigenvalue weighted by Crippen LogP contribution is -2.48. The largest absolute Gasteiger partial charge is 0.481 e. The third-order valence-corrected chi connectivity index (χ3v) is 2.95. The van der Waals surface area contributed by atoms with Crippen molar-refractivity contribution in [3.63, 3.8) is 0 Å². The Morgan fingerprint density at radius 1 is 1.04 bits per heavy atom. The summed E-state index contributed by atoms with van der Waals surface area (Å²) >= 11 is 0. The summed E-state index contributed by atoms with van der Waals surface area (Å²) in [5.74, 6) is -4.89. The Hall–Kier alpha value is -3.17. The number of hydrogen-bond acceptors (Lipinski definition) is 4. The van der Waals surface area contributed by atoms with Crippen molar-refractivity contribution in [1.29, 1.82) is 0 Å². The zero-order valence-electron chi connectivity index (χ0n) is 12.2. The lowest BCUT2D eigenvalue weighted by atomic mass is 10.1. The fourth-order valence-corrected chi connectivity index (χ4v) is 1.83. The van der Waals surface area contributed by atoms with E-state index in [-0.39, 0.29) is 12.0 Å². The molecular weight excluding hydrogens is 327 g/mol. The highest BCUT2D eigenvalue weighted by Crippen LogP contribution is 2.14. The van der Waals surface area contributed by atoms with E-state index in [2.05, 4.69) is 0 Å². The predicted octanol–water partition coefficient (Wildman–Crippen LogP) is 0.569. The lowest BCUT2D eigenvalue weighted by Gasteiger charge is -2.18. The molecule has 2 amide bonds. The Labute approximate surface area is 135 Å². The summed E-state index contributed by atoms with van der Waals surface area (Å²) in [6.45, 7) is 0. The van der Waals surface area contributed by atoms with Crippen LogP contribution in [0.3, 0.4) is 0 Å². The van der Waals surface area contributed by atoms with Crippen LogP contribution in [0, 0.1) is 5.82 Å². The molecule has 0 aliphatic carbocycles. The van der Waals surface area contributed by atoms with E-state index >= 15 is 0 Å². The van der Waals surface area contributed by atoms with E-state index in [1.165, 1.54) is 12.1 Å². The molecule has 0 bridgehead atoms. The molecule has 0 saturated heterocycles. The predicted molar refractivity (Wildman–Crippen MR) is 76.7 cm³/mol. The first-order valence-corrected chi connectivity index (χ1v) is 6.70. The molecule has 0 aliphatic rings. The van der Waals surface area contributed by atoms with Crippen LogP contribution in [0.25, 0.3) is 0 Å². The molecule has 0 fully saturated rings. The van der Waals surface area contributed by atoms with Crippen LogP contribution in [0.2, 0.25) is 0 Å². The summed E-state index contributed by atoms with van der Waals surface area (Å²) in [7, 11) is 0. The van der Waals surface area contributed by atoms with E-state index < -0.39 is 48.3 Å². The minimum atomic E-state index is -1.60. The Kier molecular flexibility index (Phi) is 6.65. The van der Waals surface area contributed by atoms with Gasteiger partial charge in [-0.25, -0.2) is 18.8 Å². The highest BCUT2D eigenvalue weighted by atomic mass is 19.1. The Morgan fingerprint density at radius 2 is 1.71 bits per heavy atom. The first-order chi connectivity index (χ1) is 11.2. The molecule has 130 valence electrons. The number of hydrogen-bond donors (Lipinski definition) is 5. The van der Waals surface area contributed by atoms with Gasteiger partial charge in [0.2, 0.25) is 0 Å². The average Bonchev–Trinajstić information content (AvgIpc) is 2.48. The summed E-state index contributed by atoms with van der Waals surface area (Å²) in [5, 5.41) is 30.6. The van der Waals surface area contributed by atoms with Crippen LogP contribution in [0.5, 0.6) is 0 Å². The van der Waals surface area contributed by atoms with Gasteiger partial charge in [-0.3, -0.25) is 4.79 Å². The molecule has 1 rings (SSSR count). The van der Waals surface area contributed by atoms with Gasteiger partial charge in [-0.05, 0) is 24.1 Å². The highest BCUT2D eigenvalue weighted by Gasteiger charge is 2.26. The van der Waals surface area contributed by atoms with Crippen LogP contribution in [0.1, 0.15) is 24.4 Å². The standard InChI is InChI=1S/C14H15FN2O7/c15-8-3-1-2-7(6-8)11(13(22)23)17-14(24)16-9(12(20)21)4-5-10(18)19/h1-3,6,9,11H,4-5H2,(H,18,19)(H,20,21)(H,22,23)(H2,16,17,24). The molecule has 5 N–H and O–H groups in total. The molecule has 24 heavy (non-hydrogen) atoms. The number of benzene rings is 1. The number of aliphatic carboxylic acids is 3. The molecule has 1 aromatic rings. The van der Waals surface area contributed by atoms with Gasteiger partial charge in [-0.2, -0.15) is 0 Å². The molecule has 10 heteroatoms. The van der Waals surface area contributed by atoms with Gasteiger partial charge < -0.3 is 26.0 Å². The van der Waals surface area contributed by atoms with Gasteiger partial charge >= 0.3 is 23.9 Å². The molecule has 0 radical (unpaired) electrons. The van der Waals surface area contributed by atoms with Crippen LogP contribution in [-0.2, 0) is 14.4 Å². The van der Waals surface area contributed by atoms with Gasteiger partial charge in [0.05, 0.1) is 0 Å². The number of urea groups is 1. The zero-order chi connectivity index (χ0) is 18.3. The number of carbonyl (C=O) groups is 4. The van der Waals surface area contributed by atoms with Crippen LogP contribution in [0.4, 0.5) is 9.18 Å². The molecule has 0 heterocycles. The third kappa shape index (κ3) is 5.91. The maximum atomic E-state index is 13.2. The fourth-order valence-electron chi connectivity index (χ4n) is 1.83. The maximum absolute atomic E-state index is 13.2. The number of rotatable bonds is 8. The van der Waals surface area contributed by atoms with Crippen molar-refractivity contribution < 1.29 is 38.9 Å². The Morgan fingerprint density at radius 3 is 2.21 bits per heavy atom. The summed E-state index contributed by atoms with van der Waals surface area (Å²) < 4.78 is 13.2. The first-order valence-electron chi connectivity index (χ1n) is 6.70. The molecule has 0 aromatic heterocycles. The third-order valence-electron chi connectivity index (χ3n) is 2.95. The molecular formula is C14H15FN2O7. The van der Waals surface area contributed by atoms with Gasteiger partial charge in [0, 0.05) is 6.42 Å². The first kappa shape index (κ1) is 18.9. The number of carboxylic acids is 3. The van der Waals surface area contributed by atoms with E-state index in [0.717, 1.165) is 12.1 Å². The fraction of sp³-hybridized carbons (Fsp3) is 0.286. The van der Waals surface area contributed by atoms with Crippen LogP contribution in [0.15, 0.2) is 24.3 Å². The van der Waals surface area contributed by atoms with E-state index in [1.54, 1.807) is 0 Å². The van der Waals surface area contributed by atoms with Crippen molar-refractivity contribution in [2.75, 3.05) is 0 Å². The molecule has 9 nitrogen and oxygen atoms in total. The Balaban J connectivity index is 2.79. The second-order valence-corrected chi connectivity index (χ2v) is 4.77. The number of carboxylic acid groups (broad SMARTS) is 3. The maximum Gasteiger partial charge on any atom is 0.330 e. The van der Waals surface area contributed by atoms with Gasteiger partial charge in [-0.15, -0.1) is 0 Å². The topological polar surface area (TPSA) is 153 Å². The Bertz CT molecular complexity index is 650. The van der Waals surface area contributed by atoms with E-state index in [1.807, 2.05) is 10.6 Å². The monoisotopic (exact) mass is 342 g/mol. The van der Waals surface area contributed by atoms with E-state index in [4.69, 9.17) is 15.3 Å². The SMILES string of the molecule is O=C(O)CCC(NC(=O)NC(C(=O)O)c1cccc(F)c1)C(=O)O. The molecule has 1 aromatic carbocycles. The van der Waals surface area contributed by atoms with Crippen molar-refractivity contribution in [1.82, 2.24) is 10.6 Å². The smallest absolute Gasteiger partial charge is 0.330 e. The second kappa shape index (κ2) is 8.46. The lowest BCUT2D eigenvalue weighted by molar-refractivity contribution is -0.140. The zero-order valence-corrected chi connectivity index (χ0v) is 12.2. The minimum Gasteiger partial charge on any atom is -0.481 e. The summed E-state index contributed by atoms with van der Waals surface area (Å²) in [6, 6.07) is 0.295. The second-order valence-electron chi connectivity index (χ2n) is 4.77. The summed E-state index contributed by atoms with van der Waals surface area (Å²) in [6.07, 6.45) is -0.876. The van der Waals surface area contributed by atoms with Gasteiger partial charge in [0.15, 0.2) is 6.04 Å². The van der Waals surface area contributed by atoms with Crippen molar-refractivity contribution >= 4 is 23.9 Å². The molecule has 0 saturated carbocycles. The van der Waals surface area contributed by atoms with Crippen LogP contribution >= 0.6 is 0 Å². The highest BCUT2D eigenvalue weighted by molar-refractivity contribution is 5.86. The summed E-state index contributed by atoms with van der Waals surface area (Å²) in [5.41, 5.74) is -0.0462. The number of carbonyl (C=O) groups excluding carboxylic acids is 1. The normalized spacial score (nSPS) is 12.7. The van der Waals surface area contributed by atoms with Crippen molar-refractivity contribution in [2.24, 2.45) is 0 Å². The van der Waals surface area contributed by atoms with Gasteiger partial charge in [0.1, 0.15) is 11.9 Å². The van der Waals surface area contributed by atoms with Crippen molar-refractivity contribution in [3.8, 4) is 0 Å². The molecule has 0 aliphatic heterocycles. The average molecular weight is 342 g/mol. The number of nitrogens with one attached hydrogen (secondary N) is 2. The van der Waals surface area contributed by atoms with Crippen molar-refractivity contribution in [2.45, 2.75) is 24.9 Å². The molecule has 0 spiro atoms. The number of amides is 2. The van der Waals surface area contributed by atoms with Gasteiger partial charge in [0.25, 0.3) is 0 Å².